The number of carbonyl (C=O) groups is 2. The second-order valence-corrected chi connectivity index (χ2v) is 5.41. The standard InChI is InChI=1S/C15H19FN2O3/c16-11-7-10(8-17-9-11)14(19)18-13-6-4-2-1-3-5-12(13)15(20)21/h7-9,12-13H,1-6H2,(H,18,19)(H,20,21). The second kappa shape index (κ2) is 7.15. The zero-order chi connectivity index (χ0) is 15.2. The molecule has 6 heteroatoms. The van der Waals surface area contributed by atoms with Crippen molar-refractivity contribution in [2.75, 3.05) is 0 Å². The Balaban J connectivity index is 2.09. The van der Waals surface area contributed by atoms with Crippen LogP contribution in [0.4, 0.5) is 4.39 Å². The van der Waals surface area contributed by atoms with Gasteiger partial charge in [0.2, 0.25) is 0 Å². The topological polar surface area (TPSA) is 79.3 Å². The first-order valence-electron chi connectivity index (χ1n) is 7.22. The van der Waals surface area contributed by atoms with Gasteiger partial charge in [0.25, 0.3) is 5.91 Å². The van der Waals surface area contributed by atoms with Gasteiger partial charge in [0.15, 0.2) is 0 Å². The Labute approximate surface area is 122 Å². The van der Waals surface area contributed by atoms with E-state index in [1.165, 1.54) is 6.20 Å². The summed E-state index contributed by atoms with van der Waals surface area (Å²) in [5.41, 5.74) is 0.112. The molecule has 1 aromatic rings. The smallest absolute Gasteiger partial charge is 0.308 e. The van der Waals surface area contributed by atoms with Gasteiger partial charge in [0, 0.05) is 12.2 Å². The first kappa shape index (κ1) is 15.4. The first-order valence-corrected chi connectivity index (χ1v) is 7.22. The molecule has 1 amide bonds. The quantitative estimate of drug-likeness (QED) is 0.897. The summed E-state index contributed by atoms with van der Waals surface area (Å²) in [6.07, 6.45) is 7.29. The lowest BCUT2D eigenvalue weighted by Crippen LogP contribution is -2.44. The largest absolute Gasteiger partial charge is 0.481 e. The number of carboxylic acid groups (broad SMARTS) is 1. The van der Waals surface area contributed by atoms with E-state index in [2.05, 4.69) is 10.3 Å². The van der Waals surface area contributed by atoms with E-state index < -0.39 is 29.7 Å². The van der Waals surface area contributed by atoms with E-state index in [0.29, 0.717) is 12.8 Å². The van der Waals surface area contributed by atoms with Crippen molar-refractivity contribution in [3.8, 4) is 0 Å². The summed E-state index contributed by atoms with van der Waals surface area (Å²) in [7, 11) is 0. The number of halogens is 1. The predicted octanol–water partition coefficient (Wildman–Crippen LogP) is 2.37. The van der Waals surface area contributed by atoms with Crippen LogP contribution in [0.1, 0.15) is 48.9 Å². The van der Waals surface area contributed by atoms with Gasteiger partial charge in [-0.2, -0.15) is 0 Å². The molecule has 114 valence electrons. The number of carboxylic acids is 1. The zero-order valence-electron chi connectivity index (χ0n) is 11.7. The Morgan fingerprint density at radius 2 is 1.90 bits per heavy atom. The number of pyridine rings is 1. The monoisotopic (exact) mass is 294 g/mol. The van der Waals surface area contributed by atoms with Crippen LogP contribution in [0, 0.1) is 11.7 Å². The Morgan fingerprint density at radius 1 is 1.19 bits per heavy atom. The third-order valence-electron chi connectivity index (χ3n) is 3.87. The minimum atomic E-state index is -0.889. The Bertz CT molecular complexity index is 521. The van der Waals surface area contributed by atoms with Crippen LogP contribution in [0.5, 0.6) is 0 Å². The number of hydrogen-bond donors (Lipinski definition) is 2. The molecule has 0 saturated heterocycles. The molecule has 1 saturated carbocycles. The van der Waals surface area contributed by atoms with Gasteiger partial charge >= 0.3 is 5.97 Å². The highest BCUT2D eigenvalue weighted by molar-refractivity contribution is 5.94. The lowest BCUT2D eigenvalue weighted by molar-refractivity contribution is -0.143. The van der Waals surface area contributed by atoms with Crippen LogP contribution < -0.4 is 5.32 Å². The van der Waals surface area contributed by atoms with Crippen molar-refractivity contribution in [2.45, 2.75) is 44.6 Å². The molecule has 1 heterocycles. The molecule has 2 rings (SSSR count). The van der Waals surface area contributed by atoms with Crippen LogP contribution >= 0.6 is 0 Å². The molecule has 0 aromatic carbocycles. The molecule has 2 N–H and O–H groups in total. The molecule has 21 heavy (non-hydrogen) atoms. The molecule has 1 aliphatic carbocycles. The van der Waals surface area contributed by atoms with E-state index >= 15 is 0 Å². The summed E-state index contributed by atoms with van der Waals surface area (Å²) < 4.78 is 13.1. The molecular formula is C15H19FN2O3. The van der Waals surface area contributed by atoms with Gasteiger partial charge < -0.3 is 10.4 Å². The molecule has 1 aliphatic rings. The van der Waals surface area contributed by atoms with Crippen LogP contribution in [0.3, 0.4) is 0 Å². The van der Waals surface area contributed by atoms with Crippen LogP contribution in [-0.4, -0.2) is 28.0 Å². The van der Waals surface area contributed by atoms with Crippen LogP contribution in [0.15, 0.2) is 18.5 Å². The van der Waals surface area contributed by atoms with Crippen molar-refractivity contribution in [1.29, 1.82) is 0 Å². The van der Waals surface area contributed by atoms with Crippen molar-refractivity contribution in [2.24, 2.45) is 5.92 Å². The SMILES string of the molecule is O=C(NC1CCCCCCC1C(=O)O)c1cncc(F)c1. The zero-order valence-corrected chi connectivity index (χ0v) is 11.7. The highest BCUT2D eigenvalue weighted by Crippen LogP contribution is 2.23. The molecule has 0 spiro atoms. The average molecular weight is 294 g/mol. The minimum Gasteiger partial charge on any atom is -0.481 e. The maximum atomic E-state index is 13.1. The molecule has 0 aliphatic heterocycles. The van der Waals surface area contributed by atoms with Crippen molar-refractivity contribution in [3.05, 3.63) is 29.8 Å². The van der Waals surface area contributed by atoms with Gasteiger partial charge in [-0.25, -0.2) is 4.39 Å². The number of nitrogens with zero attached hydrogens (tertiary/aromatic N) is 1. The molecule has 1 fully saturated rings. The Hall–Kier alpha value is -1.98. The summed E-state index contributed by atoms with van der Waals surface area (Å²) in [6, 6.07) is 0.680. The molecule has 2 atom stereocenters. The molecule has 0 bridgehead atoms. The summed E-state index contributed by atoms with van der Waals surface area (Å²) in [5, 5.41) is 12.1. The molecular weight excluding hydrogens is 275 g/mol. The van der Waals surface area contributed by atoms with Gasteiger partial charge in [-0.1, -0.05) is 25.7 Å². The number of hydrogen-bond acceptors (Lipinski definition) is 3. The lowest BCUT2D eigenvalue weighted by Gasteiger charge is -2.27. The fourth-order valence-corrected chi connectivity index (χ4v) is 2.74. The van der Waals surface area contributed by atoms with E-state index in [1.807, 2.05) is 0 Å². The fourth-order valence-electron chi connectivity index (χ4n) is 2.74. The maximum Gasteiger partial charge on any atom is 0.308 e. The van der Waals surface area contributed by atoms with Gasteiger partial charge in [0.1, 0.15) is 5.82 Å². The van der Waals surface area contributed by atoms with E-state index in [0.717, 1.165) is 37.9 Å². The van der Waals surface area contributed by atoms with Gasteiger partial charge in [-0.05, 0) is 18.9 Å². The number of aromatic nitrogens is 1. The van der Waals surface area contributed by atoms with E-state index in [4.69, 9.17) is 0 Å². The first-order chi connectivity index (χ1) is 10.1. The van der Waals surface area contributed by atoms with Crippen LogP contribution in [0.2, 0.25) is 0 Å². The molecule has 5 nitrogen and oxygen atoms in total. The number of aliphatic carboxylic acids is 1. The fraction of sp³-hybridized carbons (Fsp3) is 0.533. The normalized spacial score (nSPS) is 22.9. The maximum absolute atomic E-state index is 13.1. The van der Waals surface area contributed by atoms with Crippen LogP contribution in [0.25, 0.3) is 0 Å². The van der Waals surface area contributed by atoms with E-state index in [-0.39, 0.29) is 5.56 Å². The van der Waals surface area contributed by atoms with Crippen molar-refractivity contribution < 1.29 is 19.1 Å². The highest BCUT2D eigenvalue weighted by Gasteiger charge is 2.30. The minimum absolute atomic E-state index is 0.112. The highest BCUT2D eigenvalue weighted by atomic mass is 19.1. The number of carbonyl (C=O) groups excluding carboxylic acids is 1. The summed E-state index contributed by atoms with van der Waals surface area (Å²) in [4.78, 5) is 27.1. The molecule has 0 radical (unpaired) electrons. The summed E-state index contributed by atoms with van der Waals surface area (Å²) in [6.45, 7) is 0. The molecule has 1 aromatic heterocycles. The number of rotatable bonds is 3. The van der Waals surface area contributed by atoms with Crippen molar-refractivity contribution in [3.63, 3.8) is 0 Å². The Kier molecular flexibility index (Phi) is 5.25. The van der Waals surface area contributed by atoms with Crippen molar-refractivity contribution >= 4 is 11.9 Å². The van der Waals surface area contributed by atoms with Crippen molar-refractivity contribution in [1.82, 2.24) is 10.3 Å². The van der Waals surface area contributed by atoms with Gasteiger partial charge in [-0.3, -0.25) is 14.6 Å². The predicted molar refractivity (Wildman–Crippen MR) is 74.3 cm³/mol. The third-order valence-corrected chi connectivity index (χ3v) is 3.87. The average Bonchev–Trinajstić information content (AvgIpc) is 2.41. The van der Waals surface area contributed by atoms with E-state index in [1.54, 1.807) is 0 Å². The Morgan fingerprint density at radius 3 is 2.57 bits per heavy atom. The second-order valence-electron chi connectivity index (χ2n) is 5.41. The van der Waals surface area contributed by atoms with Gasteiger partial charge in [-0.15, -0.1) is 0 Å². The van der Waals surface area contributed by atoms with Crippen LogP contribution in [-0.2, 0) is 4.79 Å². The van der Waals surface area contributed by atoms with E-state index in [9.17, 15) is 19.1 Å². The summed E-state index contributed by atoms with van der Waals surface area (Å²) in [5.74, 6) is -2.54. The number of nitrogens with one attached hydrogen (secondary N) is 1. The number of amides is 1. The third kappa shape index (κ3) is 4.24. The summed E-state index contributed by atoms with van der Waals surface area (Å²) >= 11 is 0. The molecule has 2 unspecified atom stereocenters. The lowest BCUT2D eigenvalue weighted by atomic mass is 9.86. The van der Waals surface area contributed by atoms with Gasteiger partial charge in [0.05, 0.1) is 17.7 Å².